The third-order valence-electron chi connectivity index (χ3n) is 3.39. The van der Waals surface area contributed by atoms with Crippen LogP contribution < -0.4 is 4.90 Å². The Morgan fingerprint density at radius 3 is 2.69 bits per heavy atom. The van der Waals surface area contributed by atoms with Crippen LogP contribution in [-0.4, -0.2) is 18.1 Å². The summed E-state index contributed by atoms with van der Waals surface area (Å²) in [7, 11) is 2.15. The van der Waals surface area contributed by atoms with Crippen LogP contribution in [0, 0.1) is 6.92 Å². The molecule has 16 heavy (non-hydrogen) atoms. The number of nitrogens with zero attached hydrogens (tertiary/aromatic N) is 2. The second-order valence-corrected chi connectivity index (χ2v) is 4.93. The number of alkyl halides is 1. The average Bonchev–Trinajstić information content (AvgIpc) is 2.80. The highest BCUT2D eigenvalue weighted by Gasteiger charge is 2.20. The summed E-state index contributed by atoms with van der Waals surface area (Å²) in [6, 6.07) is 4.83. The molecular weight excluding hydrogens is 220 g/mol. The fraction of sp³-hybridized carbons (Fsp3) is 0.615. The lowest BCUT2D eigenvalue weighted by Gasteiger charge is -2.26. The third kappa shape index (κ3) is 2.49. The molecule has 1 aliphatic carbocycles. The van der Waals surface area contributed by atoms with Crippen molar-refractivity contribution in [1.82, 2.24) is 4.98 Å². The van der Waals surface area contributed by atoms with E-state index in [1.807, 2.05) is 6.92 Å². The van der Waals surface area contributed by atoms with Gasteiger partial charge in [0.15, 0.2) is 0 Å². The molecule has 88 valence electrons. The number of halogens is 1. The molecule has 1 aromatic heterocycles. The number of aryl methyl sites for hydroxylation is 1. The lowest BCUT2D eigenvalue weighted by molar-refractivity contribution is 0.645. The zero-order chi connectivity index (χ0) is 11.5. The van der Waals surface area contributed by atoms with Crippen LogP contribution in [0.1, 0.15) is 36.9 Å². The van der Waals surface area contributed by atoms with Gasteiger partial charge in [-0.05, 0) is 37.5 Å². The molecule has 0 saturated heterocycles. The summed E-state index contributed by atoms with van der Waals surface area (Å²) in [5, 5.41) is 0. The minimum Gasteiger partial charge on any atom is -0.357 e. The van der Waals surface area contributed by atoms with E-state index in [1.165, 1.54) is 25.7 Å². The number of rotatable bonds is 3. The Morgan fingerprint density at radius 1 is 1.38 bits per heavy atom. The number of anilines is 1. The minimum absolute atomic E-state index is 0.564. The van der Waals surface area contributed by atoms with Crippen molar-refractivity contribution in [2.24, 2.45) is 0 Å². The molecule has 0 N–H and O–H groups in total. The molecule has 1 fully saturated rings. The van der Waals surface area contributed by atoms with E-state index in [1.54, 1.807) is 0 Å². The first-order valence-electron chi connectivity index (χ1n) is 5.97. The van der Waals surface area contributed by atoms with Gasteiger partial charge in [0, 0.05) is 24.7 Å². The lowest BCUT2D eigenvalue weighted by atomic mass is 10.2. The van der Waals surface area contributed by atoms with E-state index < -0.39 is 0 Å². The van der Waals surface area contributed by atoms with Crippen molar-refractivity contribution in [3.63, 3.8) is 0 Å². The Labute approximate surface area is 103 Å². The topological polar surface area (TPSA) is 16.1 Å². The van der Waals surface area contributed by atoms with Crippen molar-refractivity contribution < 1.29 is 0 Å². The third-order valence-corrected chi connectivity index (χ3v) is 3.70. The van der Waals surface area contributed by atoms with Crippen molar-refractivity contribution in [3.05, 3.63) is 23.4 Å². The van der Waals surface area contributed by atoms with Gasteiger partial charge in [0.2, 0.25) is 0 Å². The van der Waals surface area contributed by atoms with Crippen LogP contribution in [0.3, 0.4) is 0 Å². The zero-order valence-electron chi connectivity index (χ0n) is 10.0. The molecule has 0 spiro atoms. The van der Waals surface area contributed by atoms with Gasteiger partial charge in [-0.15, -0.1) is 11.6 Å². The fourth-order valence-corrected chi connectivity index (χ4v) is 2.61. The van der Waals surface area contributed by atoms with Gasteiger partial charge in [0.05, 0.1) is 0 Å². The van der Waals surface area contributed by atoms with Gasteiger partial charge in [-0.2, -0.15) is 0 Å². The molecule has 1 heterocycles. The summed E-state index contributed by atoms with van der Waals surface area (Å²) in [5.74, 6) is 1.64. The van der Waals surface area contributed by atoms with Crippen molar-refractivity contribution in [1.29, 1.82) is 0 Å². The molecule has 0 aliphatic heterocycles. The average molecular weight is 239 g/mol. The fourth-order valence-electron chi connectivity index (χ4n) is 2.46. The van der Waals surface area contributed by atoms with Gasteiger partial charge in [-0.25, -0.2) is 4.98 Å². The highest BCUT2D eigenvalue weighted by molar-refractivity contribution is 6.17. The van der Waals surface area contributed by atoms with E-state index >= 15 is 0 Å². The minimum atomic E-state index is 0.564. The second kappa shape index (κ2) is 5.05. The van der Waals surface area contributed by atoms with Gasteiger partial charge in [0.1, 0.15) is 5.82 Å². The second-order valence-electron chi connectivity index (χ2n) is 4.66. The van der Waals surface area contributed by atoms with Crippen LogP contribution in [0.15, 0.2) is 12.1 Å². The van der Waals surface area contributed by atoms with Crippen molar-refractivity contribution in [3.8, 4) is 0 Å². The lowest BCUT2D eigenvalue weighted by Crippen LogP contribution is -2.29. The molecule has 2 rings (SSSR count). The monoisotopic (exact) mass is 238 g/mol. The van der Waals surface area contributed by atoms with E-state index in [4.69, 9.17) is 11.6 Å². The molecule has 2 nitrogen and oxygen atoms in total. The van der Waals surface area contributed by atoms with Crippen LogP contribution in [0.2, 0.25) is 0 Å². The van der Waals surface area contributed by atoms with Crippen LogP contribution in [0.4, 0.5) is 5.82 Å². The van der Waals surface area contributed by atoms with Gasteiger partial charge >= 0.3 is 0 Å². The smallest absolute Gasteiger partial charge is 0.129 e. The van der Waals surface area contributed by atoms with Gasteiger partial charge in [0.25, 0.3) is 0 Å². The van der Waals surface area contributed by atoms with E-state index in [0.29, 0.717) is 11.9 Å². The molecule has 0 radical (unpaired) electrons. The Bertz CT molecular complexity index is 359. The zero-order valence-corrected chi connectivity index (χ0v) is 10.8. The molecule has 0 unspecified atom stereocenters. The Balaban J connectivity index is 2.21. The van der Waals surface area contributed by atoms with Gasteiger partial charge in [-0.1, -0.05) is 12.8 Å². The summed E-state index contributed by atoms with van der Waals surface area (Å²) >= 11 is 5.89. The summed E-state index contributed by atoms with van der Waals surface area (Å²) in [6.45, 7) is 2.03. The molecule has 0 atom stereocenters. The highest BCUT2D eigenvalue weighted by Crippen LogP contribution is 2.26. The SMILES string of the molecule is Cc1cc(CCl)cc(N(C)C2CCCC2)n1. The summed E-state index contributed by atoms with van der Waals surface area (Å²) in [6.07, 6.45) is 5.29. The predicted octanol–water partition coefficient (Wildman–Crippen LogP) is 3.51. The first-order chi connectivity index (χ1) is 7.70. The van der Waals surface area contributed by atoms with Crippen molar-refractivity contribution in [2.45, 2.75) is 44.5 Å². The van der Waals surface area contributed by atoms with Crippen LogP contribution in [0.5, 0.6) is 0 Å². The molecular formula is C13H19ClN2. The van der Waals surface area contributed by atoms with Crippen LogP contribution in [0.25, 0.3) is 0 Å². The normalized spacial score (nSPS) is 16.7. The number of pyridine rings is 1. The number of hydrogen-bond donors (Lipinski definition) is 0. The summed E-state index contributed by atoms with van der Waals surface area (Å²) in [4.78, 5) is 6.91. The molecule has 0 bridgehead atoms. The molecule has 1 aliphatic rings. The maximum absolute atomic E-state index is 5.89. The predicted molar refractivity (Wildman–Crippen MR) is 69.2 cm³/mol. The summed E-state index contributed by atoms with van der Waals surface area (Å²) < 4.78 is 0. The van der Waals surface area contributed by atoms with E-state index in [-0.39, 0.29) is 0 Å². The van der Waals surface area contributed by atoms with E-state index in [0.717, 1.165) is 17.1 Å². The number of hydrogen-bond acceptors (Lipinski definition) is 2. The van der Waals surface area contributed by atoms with E-state index in [9.17, 15) is 0 Å². The van der Waals surface area contributed by atoms with Gasteiger partial charge < -0.3 is 4.90 Å². The quantitative estimate of drug-likeness (QED) is 0.750. The maximum atomic E-state index is 5.89. The molecule has 1 saturated carbocycles. The molecule has 0 amide bonds. The Hall–Kier alpha value is -0.760. The largest absolute Gasteiger partial charge is 0.357 e. The van der Waals surface area contributed by atoms with Crippen molar-refractivity contribution >= 4 is 17.4 Å². The molecule has 1 aromatic rings. The first-order valence-corrected chi connectivity index (χ1v) is 6.50. The van der Waals surface area contributed by atoms with Gasteiger partial charge in [-0.3, -0.25) is 0 Å². The first kappa shape index (κ1) is 11.7. The molecule has 3 heteroatoms. The highest BCUT2D eigenvalue weighted by atomic mass is 35.5. The molecule has 0 aromatic carbocycles. The van der Waals surface area contributed by atoms with E-state index in [2.05, 4.69) is 29.1 Å². The van der Waals surface area contributed by atoms with Crippen molar-refractivity contribution in [2.75, 3.05) is 11.9 Å². The van der Waals surface area contributed by atoms with Crippen LogP contribution in [-0.2, 0) is 5.88 Å². The summed E-state index contributed by atoms with van der Waals surface area (Å²) in [5.41, 5.74) is 2.21. The maximum Gasteiger partial charge on any atom is 0.129 e. The Kier molecular flexibility index (Phi) is 3.70. The standard InChI is InChI=1S/C13H19ClN2/c1-10-7-11(9-14)8-13(15-10)16(2)12-5-3-4-6-12/h7-8,12H,3-6,9H2,1-2H3. The van der Waals surface area contributed by atoms with Crippen LogP contribution >= 0.6 is 11.6 Å². The number of aromatic nitrogens is 1. The Morgan fingerprint density at radius 2 is 2.06 bits per heavy atom.